The number of unbranched alkanes of at least 4 members (excludes halogenated alkanes) is 1. The minimum atomic E-state index is 0.318. The summed E-state index contributed by atoms with van der Waals surface area (Å²) in [4.78, 5) is 4.76. The second-order valence-corrected chi connectivity index (χ2v) is 7.96. The molecular weight excluding hydrogens is 392 g/mol. The number of aliphatic imine (C=N–C) groups is 1. The first-order valence-electron chi connectivity index (χ1n) is 11.3. The normalized spacial score (nSPS) is 15.3. The highest BCUT2D eigenvalue weighted by Gasteiger charge is 2.14. The van der Waals surface area contributed by atoms with E-state index in [1.165, 1.54) is 11.1 Å². The van der Waals surface area contributed by atoms with E-state index < -0.39 is 0 Å². The van der Waals surface area contributed by atoms with Gasteiger partial charge >= 0.3 is 0 Å². The summed E-state index contributed by atoms with van der Waals surface area (Å²) in [6.45, 7) is 8.48. The van der Waals surface area contributed by atoms with Crippen molar-refractivity contribution in [3.63, 3.8) is 0 Å². The zero-order chi connectivity index (χ0) is 21.9. The highest BCUT2D eigenvalue weighted by atomic mass is 16.5. The van der Waals surface area contributed by atoms with E-state index in [0.717, 1.165) is 63.1 Å². The number of aromatic nitrogens is 3. The molecule has 0 saturated carbocycles. The lowest BCUT2D eigenvalue weighted by Crippen LogP contribution is -2.38. The van der Waals surface area contributed by atoms with Crippen LogP contribution >= 0.6 is 0 Å². The van der Waals surface area contributed by atoms with Gasteiger partial charge in [0, 0.05) is 26.8 Å². The van der Waals surface area contributed by atoms with Crippen molar-refractivity contribution < 1.29 is 9.47 Å². The molecule has 31 heavy (non-hydrogen) atoms. The lowest BCUT2D eigenvalue weighted by Gasteiger charge is -2.22. The number of hydrogen-bond donors (Lipinski definition) is 2. The fraction of sp³-hybridized carbons (Fsp3) is 0.609. The van der Waals surface area contributed by atoms with E-state index in [4.69, 9.17) is 14.5 Å². The third-order valence-electron chi connectivity index (χ3n) is 5.52. The molecule has 0 amide bonds. The van der Waals surface area contributed by atoms with E-state index in [2.05, 4.69) is 52.0 Å². The highest BCUT2D eigenvalue weighted by Crippen LogP contribution is 2.14. The molecule has 0 spiro atoms. The second kappa shape index (κ2) is 12.4. The van der Waals surface area contributed by atoms with Crippen LogP contribution in [0.2, 0.25) is 0 Å². The molecule has 1 fully saturated rings. The maximum atomic E-state index is 6.01. The Morgan fingerprint density at radius 1 is 1.16 bits per heavy atom. The van der Waals surface area contributed by atoms with Gasteiger partial charge in [0.15, 0.2) is 11.8 Å². The molecule has 0 radical (unpaired) electrons. The summed E-state index contributed by atoms with van der Waals surface area (Å²) in [5.41, 5.74) is 2.36. The Morgan fingerprint density at radius 3 is 2.58 bits per heavy atom. The van der Waals surface area contributed by atoms with Crippen LogP contribution in [0.4, 0.5) is 0 Å². The quantitative estimate of drug-likeness (QED) is 0.344. The van der Waals surface area contributed by atoms with Crippen molar-refractivity contribution in [2.24, 2.45) is 12.0 Å². The number of nitrogens with zero attached hydrogens (tertiary/aromatic N) is 4. The molecule has 0 atom stereocenters. The number of ether oxygens (including phenoxy) is 2. The van der Waals surface area contributed by atoms with Crippen molar-refractivity contribution in [1.29, 1.82) is 0 Å². The fourth-order valence-electron chi connectivity index (χ4n) is 3.29. The van der Waals surface area contributed by atoms with Crippen LogP contribution < -0.4 is 10.6 Å². The number of benzene rings is 1. The smallest absolute Gasteiger partial charge is 0.191 e. The van der Waals surface area contributed by atoms with Crippen molar-refractivity contribution in [1.82, 2.24) is 25.4 Å². The molecule has 1 saturated heterocycles. The summed E-state index contributed by atoms with van der Waals surface area (Å²) in [7, 11) is 1.97. The van der Waals surface area contributed by atoms with E-state index in [-0.39, 0.29) is 0 Å². The van der Waals surface area contributed by atoms with E-state index >= 15 is 0 Å². The Balaban J connectivity index is 1.52. The average molecular weight is 429 g/mol. The lowest BCUT2D eigenvalue weighted by molar-refractivity contribution is -0.0390. The number of guanidine groups is 1. The predicted octanol–water partition coefficient (Wildman–Crippen LogP) is 2.85. The zero-order valence-corrected chi connectivity index (χ0v) is 19.1. The van der Waals surface area contributed by atoms with Gasteiger partial charge in [0.05, 0.1) is 25.8 Å². The van der Waals surface area contributed by atoms with Gasteiger partial charge in [0.25, 0.3) is 0 Å². The molecule has 2 N–H and O–H groups in total. The minimum Gasteiger partial charge on any atom is -0.381 e. The van der Waals surface area contributed by atoms with Crippen LogP contribution in [-0.4, -0.2) is 46.6 Å². The van der Waals surface area contributed by atoms with Gasteiger partial charge < -0.3 is 24.7 Å². The molecule has 0 bridgehead atoms. The first kappa shape index (κ1) is 23.2. The molecule has 1 aliphatic heterocycles. The Morgan fingerprint density at radius 2 is 1.90 bits per heavy atom. The van der Waals surface area contributed by atoms with Crippen molar-refractivity contribution in [3.8, 4) is 0 Å². The van der Waals surface area contributed by atoms with E-state index in [1.54, 1.807) is 0 Å². The molecule has 0 aliphatic carbocycles. The molecule has 1 aromatic heterocycles. The molecule has 2 heterocycles. The van der Waals surface area contributed by atoms with Gasteiger partial charge in [-0.05, 0) is 37.3 Å². The maximum absolute atomic E-state index is 6.01. The summed E-state index contributed by atoms with van der Waals surface area (Å²) in [6, 6.07) is 8.51. The molecule has 1 aromatic carbocycles. The van der Waals surface area contributed by atoms with Gasteiger partial charge in [0.2, 0.25) is 0 Å². The fourth-order valence-corrected chi connectivity index (χ4v) is 3.29. The van der Waals surface area contributed by atoms with Gasteiger partial charge in [-0.15, -0.1) is 10.2 Å². The standard InChI is InChI=1S/C23H36N6O2/c1-4-5-12-24-23(26-16-22-28-27-18(2)29(22)3)25-15-19-6-8-20(9-7-19)17-31-21-10-13-30-14-11-21/h6-9,21H,4-5,10-17H2,1-3H3,(H2,24,25,26). The Hall–Kier alpha value is -2.45. The Kier molecular flexibility index (Phi) is 9.30. The third kappa shape index (κ3) is 7.63. The van der Waals surface area contributed by atoms with Crippen molar-refractivity contribution >= 4 is 5.96 Å². The first-order chi connectivity index (χ1) is 15.2. The lowest BCUT2D eigenvalue weighted by atomic mass is 10.1. The molecule has 8 nitrogen and oxygen atoms in total. The molecule has 1 aliphatic rings. The molecule has 8 heteroatoms. The van der Waals surface area contributed by atoms with Crippen LogP contribution in [0.5, 0.6) is 0 Å². The van der Waals surface area contributed by atoms with E-state index in [1.807, 2.05) is 18.5 Å². The van der Waals surface area contributed by atoms with Crippen LogP contribution in [0.3, 0.4) is 0 Å². The average Bonchev–Trinajstić information content (AvgIpc) is 3.13. The number of hydrogen-bond acceptors (Lipinski definition) is 5. The summed E-state index contributed by atoms with van der Waals surface area (Å²) < 4.78 is 13.4. The van der Waals surface area contributed by atoms with Gasteiger partial charge in [-0.1, -0.05) is 37.6 Å². The van der Waals surface area contributed by atoms with Crippen molar-refractivity contribution in [2.75, 3.05) is 19.8 Å². The monoisotopic (exact) mass is 428 g/mol. The largest absolute Gasteiger partial charge is 0.381 e. The summed E-state index contributed by atoms with van der Waals surface area (Å²) in [6.07, 6.45) is 4.54. The van der Waals surface area contributed by atoms with E-state index in [9.17, 15) is 0 Å². The van der Waals surface area contributed by atoms with Crippen LogP contribution in [-0.2, 0) is 36.2 Å². The summed E-state index contributed by atoms with van der Waals surface area (Å²) in [5.74, 6) is 2.58. The molecule has 3 rings (SSSR count). The number of rotatable bonds is 10. The van der Waals surface area contributed by atoms with Crippen molar-refractivity contribution in [3.05, 3.63) is 47.0 Å². The van der Waals surface area contributed by atoms with Crippen molar-refractivity contribution in [2.45, 2.75) is 65.3 Å². The SMILES string of the molecule is CCCCNC(=NCc1ccc(COC2CCOCC2)cc1)NCc1nnc(C)n1C. The Bertz CT molecular complexity index is 812. The van der Waals surface area contributed by atoms with Gasteiger partial charge in [-0.2, -0.15) is 0 Å². The minimum absolute atomic E-state index is 0.318. The molecule has 0 unspecified atom stereocenters. The molecule has 170 valence electrons. The maximum Gasteiger partial charge on any atom is 0.191 e. The Labute approximate surface area is 185 Å². The van der Waals surface area contributed by atoms with Gasteiger partial charge in [0.1, 0.15) is 5.82 Å². The molecule has 2 aromatic rings. The van der Waals surface area contributed by atoms with Crippen LogP contribution in [0.1, 0.15) is 55.4 Å². The highest BCUT2D eigenvalue weighted by molar-refractivity contribution is 5.79. The summed E-state index contributed by atoms with van der Waals surface area (Å²) >= 11 is 0. The summed E-state index contributed by atoms with van der Waals surface area (Å²) in [5, 5.41) is 15.1. The van der Waals surface area contributed by atoms with Crippen LogP contribution in [0, 0.1) is 6.92 Å². The number of nitrogens with one attached hydrogen (secondary N) is 2. The zero-order valence-electron chi connectivity index (χ0n) is 19.1. The van der Waals surface area contributed by atoms with E-state index in [0.29, 0.717) is 25.8 Å². The topological polar surface area (TPSA) is 85.6 Å². The second-order valence-electron chi connectivity index (χ2n) is 7.96. The predicted molar refractivity (Wildman–Crippen MR) is 122 cm³/mol. The van der Waals surface area contributed by atoms with Gasteiger partial charge in [-0.25, -0.2) is 4.99 Å². The van der Waals surface area contributed by atoms with Crippen LogP contribution in [0.25, 0.3) is 0 Å². The van der Waals surface area contributed by atoms with Crippen LogP contribution in [0.15, 0.2) is 29.3 Å². The first-order valence-corrected chi connectivity index (χ1v) is 11.3. The van der Waals surface area contributed by atoms with Gasteiger partial charge in [-0.3, -0.25) is 0 Å². The number of aryl methyl sites for hydroxylation is 1. The third-order valence-corrected chi connectivity index (χ3v) is 5.52. The molecular formula is C23H36N6O2.